The molecule has 0 fully saturated rings. The van der Waals surface area contributed by atoms with Gasteiger partial charge in [-0.3, -0.25) is 10.2 Å². The Hall–Kier alpha value is -2.32. The van der Waals surface area contributed by atoms with Crippen LogP contribution in [0.2, 0.25) is 0 Å². The molecular weight excluding hydrogens is 416 g/mol. The molecular formula is C18H17BrN4O2S. The third-order valence-electron chi connectivity index (χ3n) is 3.63. The molecule has 0 saturated heterocycles. The summed E-state index contributed by atoms with van der Waals surface area (Å²) in [6.07, 6.45) is 0. The molecule has 1 N–H and O–H groups in total. The van der Waals surface area contributed by atoms with Crippen LogP contribution in [-0.2, 0) is 5.75 Å². The predicted molar refractivity (Wildman–Crippen MR) is 105 cm³/mol. The fourth-order valence-corrected chi connectivity index (χ4v) is 3.56. The average Bonchev–Trinajstić information content (AvgIpc) is 3.00. The lowest BCUT2D eigenvalue weighted by atomic mass is 10.2. The highest BCUT2D eigenvalue weighted by atomic mass is 79.9. The first-order valence-corrected chi connectivity index (χ1v) is 9.60. The summed E-state index contributed by atoms with van der Waals surface area (Å²) in [5, 5.41) is 8.85. The first-order chi connectivity index (χ1) is 12.6. The van der Waals surface area contributed by atoms with Gasteiger partial charge in [-0.1, -0.05) is 58.0 Å². The van der Waals surface area contributed by atoms with E-state index < -0.39 is 0 Å². The Morgan fingerprint density at radius 3 is 2.73 bits per heavy atom. The molecule has 3 aromatic rings. The lowest BCUT2D eigenvalue weighted by Crippen LogP contribution is -2.25. The number of ether oxygens (including phenoxy) is 1. The quantitative estimate of drug-likeness (QED) is 0.595. The second-order valence-electron chi connectivity index (χ2n) is 5.43. The van der Waals surface area contributed by atoms with E-state index in [9.17, 15) is 4.79 Å². The van der Waals surface area contributed by atoms with E-state index in [2.05, 4.69) is 31.6 Å². The van der Waals surface area contributed by atoms with Crippen molar-refractivity contribution < 1.29 is 9.53 Å². The van der Waals surface area contributed by atoms with Crippen LogP contribution in [0.5, 0.6) is 5.75 Å². The number of hydrogen-bond acceptors (Lipinski definition) is 5. The Labute approximate surface area is 164 Å². The van der Waals surface area contributed by atoms with Gasteiger partial charge in [-0.15, -0.1) is 10.2 Å². The summed E-state index contributed by atoms with van der Waals surface area (Å²) in [5.74, 6) is 1.53. The SMILES string of the molecule is COc1ccc(Br)cc1C(=O)Nn1c(C)nnc1SCc1ccccc1. The second-order valence-corrected chi connectivity index (χ2v) is 7.28. The molecule has 0 spiro atoms. The standard InChI is InChI=1S/C18H17BrN4O2S/c1-12-20-21-18(26-11-13-6-4-3-5-7-13)23(12)22-17(24)15-10-14(19)8-9-16(15)25-2/h3-10H,11H2,1-2H3,(H,22,24). The molecule has 0 aliphatic heterocycles. The molecule has 0 aliphatic carbocycles. The fraction of sp³-hybridized carbons (Fsp3) is 0.167. The minimum absolute atomic E-state index is 0.299. The summed E-state index contributed by atoms with van der Waals surface area (Å²) in [4.78, 5) is 12.7. The Bertz CT molecular complexity index is 915. The molecule has 1 amide bonds. The van der Waals surface area contributed by atoms with Crippen LogP contribution in [0.15, 0.2) is 58.2 Å². The van der Waals surface area contributed by atoms with Gasteiger partial charge in [0.1, 0.15) is 11.6 Å². The number of carbonyl (C=O) groups excluding carboxylic acids is 1. The number of nitrogens with one attached hydrogen (secondary N) is 1. The topological polar surface area (TPSA) is 69.0 Å². The molecule has 134 valence electrons. The van der Waals surface area contributed by atoms with Crippen LogP contribution in [0.1, 0.15) is 21.7 Å². The summed E-state index contributed by atoms with van der Waals surface area (Å²) in [6.45, 7) is 1.79. The average molecular weight is 433 g/mol. The van der Waals surface area contributed by atoms with Crippen LogP contribution in [0, 0.1) is 6.92 Å². The van der Waals surface area contributed by atoms with Crippen molar-refractivity contribution in [3.8, 4) is 5.75 Å². The van der Waals surface area contributed by atoms with Crippen LogP contribution < -0.4 is 10.2 Å². The van der Waals surface area contributed by atoms with Crippen LogP contribution >= 0.6 is 27.7 Å². The Kier molecular flexibility index (Phi) is 5.95. The van der Waals surface area contributed by atoms with Crippen LogP contribution in [0.3, 0.4) is 0 Å². The van der Waals surface area contributed by atoms with Gasteiger partial charge in [0, 0.05) is 10.2 Å². The molecule has 1 aromatic heterocycles. The molecule has 26 heavy (non-hydrogen) atoms. The Balaban J connectivity index is 1.79. The number of methoxy groups -OCH3 is 1. The second kappa shape index (κ2) is 8.37. The van der Waals surface area contributed by atoms with Gasteiger partial charge in [0.25, 0.3) is 5.91 Å². The molecule has 0 atom stereocenters. The van der Waals surface area contributed by atoms with Gasteiger partial charge in [-0.2, -0.15) is 0 Å². The molecule has 3 rings (SSSR count). The van der Waals surface area contributed by atoms with Crippen molar-refractivity contribution in [3.63, 3.8) is 0 Å². The van der Waals surface area contributed by atoms with Crippen molar-refractivity contribution in [2.75, 3.05) is 12.5 Å². The maximum atomic E-state index is 12.7. The van der Waals surface area contributed by atoms with E-state index in [4.69, 9.17) is 4.74 Å². The number of nitrogens with zero attached hydrogens (tertiary/aromatic N) is 3. The van der Waals surface area contributed by atoms with Gasteiger partial charge < -0.3 is 4.74 Å². The highest BCUT2D eigenvalue weighted by Gasteiger charge is 2.17. The van der Waals surface area contributed by atoms with Gasteiger partial charge in [-0.25, -0.2) is 4.68 Å². The van der Waals surface area contributed by atoms with Crippen molar-refractivity contribution in [2.24, 2.45) is 0 Å². The summed E-state index contributed by atoms with van der Waals surface area (Å²) in [6, 6.07) is 15.3. The number of hydrogen-bond donors (Lipinski definition) is 1. The molecule has 1 heterocycles. The molecule has 8 heteroatoms. The molecule has 6 nitrogen and oxygen atoms in total. The fourth-order valence-electron chi connectivity index (χ4n) is 2.31. The number of thioether (sulfide) groups is 1. The maximum absolute atomic E-state index is 12.7. The van der Waals surface area contributed by atoms with Crippen LogP contribution in [-0.4, -0.2) is 27.9 Å². The third kappa shape index (κ3) is 4.25. The zero-order valence-electron chi connectivity index (χ0n) is 14.3. The number of aryl methyl sites for hydroxylation is 1. The molecule has 0 radical (unpaired) electrons. The number of halogens is 1. The van der Waals surface area contributed by atoms with Gasteiger partial charge in [0.15, 0.2) is 0 Å². The van der Waals surface area contributed by atoms with Gasteiger partial charge in [-0.05, 0) is 30.7 Å². The monoisotopic (exact) mass is 432 g/mol. The lowest BCUT2D eigenvalue weighted by molar-refractivity contribution is 0.100. The lowest BCUT2D eigenvalue weighted by Gasteiger charge is -2.12. The van der Waals surface area contributed by atoms with Crippen molar-refractivity contribution in [3.05, 3.63) is 70.0 Å². The Morgan fingerprint density at radius 2 is 2.00 bits per heavy atom. The van der Waals surface area contributed by atoms with Crippen LogP contribution in [0.25, 0.3) is 0 Å². The predicted octanol–water partition coefficient (Wildman–Crippen LogP) is 4.03. The van der Waals surface area contributed by atoms with E-state index in [0.29, 0.717) is 22.3 Å². The number of amides is 1. The van der Waals surface area contributed by atoms with Gasteiger partial charge in [0.2, 0.25) is 5.16 Å². The zero-order chi connectivity index (χ0) is 18.5. The first-order valence-electron chi connectivity index (χ1n) is 7.82. The number of aromatic nitrogens is 3. The van der Waals surface area contributed by atoms with E-state index in [1.807, 2.05) is 36.4 Å². The molecule has 0 aliphatic rings. The molecule has 0 unspecified atom stereocenters. The number of carbonyl (C=O) groups is 1. The minimum Gasteiger partial charge on any atom is -0.496 e. The first kappa shape index (κ1) is 18.5. The molecule has 0 saturated carbocycles. The van der Waals surface area contributed by atoms with Crippen molar-refractivity contribution in [1.29, 1.82) is 0 Å². The minimum atomic E-state index is -0.299. The zero-order valence-corrected chi connectivity index (χ0v) is 16.7. The maximum Gasteiger partial charge on any atom is 0.274 e. The van der Waals surface area contributed by atoms with Crippen molar-refractivity contribution in [1.82, 2.24) is 14.9 Å². The summed E-state index contributed by atoms with van der Waals surface area (Å²) >= 11 is 4.89. The van der Waals surface area contributed by atoms with Crippen molar-refractivity contribution in [2.45, 2.75) is 17.8 Å². The number of rotatable bonds is 6. The third-order valence-corrected chi connectivity index (χ3v) is 5.12. The highest BCUT2D eigenvalue weighted by molar-refractivity contribution is 9.10. The molecule has 0 bridgehead atoms. The largest absolute Gasteiger partial charge is 0.496 e. The van der Waals surface area contributed by atoms with E-state index in [0.717, 1.165) is 10.2 Å². The Morgan fingerprint density at radius 1 is 1.23 bits per heavy atom. The van der Waals surface area contributed by atoms with E-state index in [1.165, 1.54) is 24.4 Å². The normalized spacial score (nSPS) is 10.6. The van der Waals surface area contributed by atoms with Crippen LogP contribution in [0.4, 0.5) is 0 Å². The van der Waals surface area contributed by atoms with E-state index >= 15 is 0 Å². The van der Waals surface area contributed by atoms with Crippen molar-refractivity contribution >= 4 is 33.6 Å². The summed E-state index contributed by atoms with van der Waals surface area (Å²) in [5.41, 5.74) is 4.44. The molecule has 2 aromatic carbocycles. The summed E-state index contributed by atoms with van der Waals surface area (Å²) < 4.78 is 7.67. The van der Waals surface area contributed by atoms with Gasteiger partial charge >= 0.3 is 0 Å². The van der Waals surface area contributed by atoms with Gasteiger partial charge in [0.05, 0.1) is 12.7 Å². The van der Waals surface area contributed by atoms with E-state index in [-0.39, 0.29) is 5.91 Å². The smallest absolute Gasteiger partial charge is 0.274 e. The summed E-state index contributed by atoms with van der Waals surface area (Å²) in [7, 11) is 1.53. The van der Waals surface area contributed by atoms with E-state index in [1.54, 1.807) is 23.7 Å². The number of benzene rings is 2. The highest BCUT2D eigenvalue weighted by Crippen LogP contribution is 2.24.